The first-order valence-corrected chi connectivity index (χ1v) is 11.0. The second-order valence-corrected chi connectivity index (χ2v) is 9.32. The smallest absolute Gasteiger partial charge is 0.181 e. The van der Waals surface area contributed by atoms with Crippen molar-refractivity contribution in [2.75, 3.05) is 0 Å². The van der Waals surface area contributed by atoms with E-state index in [1.807, 2.05) is 24.5 Å². The van der Waals surface area contributed by atoms with E-state index in [-0.39, 0.29) is 0 Å². The number of oxazole rings is 1. The summed E-state index contributed by atoms with van der Waals surface area (Å²) in [6.45, 7) is 0.480. The third-order valence-corrected chi connectivity index (χ3v) is 7.54. The van der Waals surface area contributed by atoms with E-state index in [1.54, 1.807) is 6.20 Å². The van der Waals surface area contributed by atoms with E-state index in [0.29, 0.717) is 22.7 Å². The molecule has 4 aliphatic rings. The van der Waals surface area contributed by atoms with Crippen LogP contribution < -0.4 is 0 Å². The number of hydrogen-bond donors (Lipinski definition) is 0. The van der Waals surface area contributed by atoms with E-state index >= 15 is 0 Å². The van der Waals surface area contributed by atoms with E-state index in [4.69, 9.17) is 21.0 Å². The molecule has 8 rings (SSSR count). The molecule has 31 heavy (non-hydrogen) atoms. The molecule has 0 atom stereocenters. The fraction of sp³-hybridized carbons (Fsp3) is 0.240. The first-order valence-electron chi connectivity index (χ1n) is 10.6. The Balaban J connectivity index is 1.46. The molecule has 0 amide bonds. The summed E-state index contributed by atoms with van der Waals surface area (Å²) in [6, 6.07) is 14.8. The van der Waals surface area contributed by atoms with Crippen LogP contribution in [-0.2, 0) is 12.0 Å². The van der Waals surface area contributed by atoms with Crippen molar-refractivity contribution in [3.05, 3.63) is 88.8 Å². The molecule has 1 aliphatic heterocycles. The predicted octanol–water partition coefficient (Wildman–Crippen LogP) is 5.58. The highest BCUT2D eigenvalue weighted by molar-refractivity contribution is 6.35. The number of aromatic nitrogens is 3. The second kappa shape index (κ2) is 6.17. The molecular weight excluding hydrogens is 408 g/mol. The largest absolute Gasteiger partial charge is 0.442 e. The summed E-state index contributed by atoms with van der Waals surface area (Å²) < 4.78 is 7.67. The topological polar surface area (TPSA) is 56.2 Å². The average Bonchev–Trinajstić information content (AvgIpc) is 3.34. The molecule has 5 nitrogen and oxygen atoms in total. The van der Waals surface area contributed by atoms with Crippen LogP contribution in [0.25, 0.3) is 17.1 Å². The van der Waals surface area contributed by atoms with Crippen molar-refractivity contribution in [1.82, 2.24) is 14.5 Å². The van der Waals surface area contributed by atoms with Crippen molar-refractivity contribution in [3.63, 3.8) is 0 Å². The lowest BCUT2D eigenvalue weighted by molar-refractivity contribution is -0.0274. The molecule has 0 spiro atoms. The van der Waals surface area contributed by atoms with Crippen molar-refractivity contribution < 1.29 is 4.42 Å². The van der Waals surface area contributed by atoms with Crippen LogP contribution in [0.15, 0.2) is 70.8 Å². The molecule has 3 aliphatic carbocycles. The summed E-state index contributed by atoms with van der Waals surface area (Å²) in [5.74, 6) is 1.58. The van der Waals surface area contributed by atoms with E-state index in [9.17, 15) is 0 Å². The fourth-order valence-corrected chi connectivity index (χ4v) is 5.72. The van der Waals surface area contributed by atoms with Gasteiger partial charge in [0.25, 0.3) is 0 Å². The maximum Gasteiger partial charge on any atom is 0.181 e. The van der Waals surface area contributed by atoms with Crippen molar-refractivity contribution in [3.8, 4) is 17.1 Å². The van der Waals surface area contributed by atoms with Crippen LogP contribution in [0, 0.1) is 5.92 Å². The summed E-state index contributed by atoms with van der Waals surface area (Å²) in [6.07, 6.45) is 8.93. The van der Waals surface area contributed by atoms with E-state index in [1.165, 1.54) is 31.2 Å². The van der Waals surface area contributed by atoms with Gasteiger partial charge >= 0.3 is 0 Å². The highest BCUT2D eigenvalue weighted by Gasteiger charge is 2.57. The Labute approximate surface area is 184 Å². The normalized spacial score (nSPS) is 23.1. The van der Waals surface area contributed by atoms with Crippen LogP contribution in [-0.4, -0.2) is 20.2 Å². The Morgan fingerprint density at radius 2 is 1.94 bits per heavy atom. The number of rotatable bonds is 3. The number of aliphatic imine (C=N–C) groups is 1. The Morgan fingerprint density at radius 3 is 2.68 bits per heavy atom. The molecule has 6 heteroatoms. The minimum Gasteiger partial charge on any atom is -0.442 e. The number of benzene rings is 2. The predicted molar refractivity (Wildman–Crippen MR) is 119 cm³/mol. The van der Waals surface area contributed by atoms with Crippen LogP contribution in [0.1, 0.15) is 41.6 Å². The van der Waals surface area contributed by atoms with Crippen LogP contribution in [0.2, 0.25) is 5.02 Å². The maximum absolute atomic E-state index is 6.63. The van der Waals surface area contributed by atoms with Gasteiger partial charge in [-0.25, -0.2) is 9.97 Å². The molecule has 3 saturated carbocycles. The van der Waals surface area contributed by atoms with Crippen molar-refractivity contribution in [2.45, 2.75) is 31.2 Å². The number of halogens is 1. The standard InChI is InChI=1S/C25H19ClN4O/c26-19-4-2-1-3-17(19)23-18-7-16(25-8-15(9-25)10-25)5-6-20(18)30-13-29-24(21(30)11-28-23)22-12-27-14-31-22/h1-7,12-15H,8-11H2. The van der Waals surface area contributed by atoms with E-state index in [2.05, 4.69) is 38.8 Å². The highest BCUT2D eigenvalue weighted by Crippen LogP contribution is 2.65. The summed E-state index contributed by atoms with van der Waals surface area (Å²) in [7, 11) is 0. The molecule has 3 heterocycles. The van der Waals surface area contributed by atoms with Gasteiger partial charge in [-0.1, -0.05) is 35.9 Å². The van der Waals surface area contributed by atoms with Gasteiger partial charge in [0.1, 0.15) is 12.0 Å². The van der Waals surface area contributed by atoms with Crippen molar-refractivity contribution >= 4 is 17.3 Å². The third-order valence-electron chi connectivity index (χ3n) is 7.21. The van der Waals surface area contributed by atoms with E-state index < -0.39 is 0 Å². The summed E-state index contributed by atoms with van der Waals surface area (Å²) in [5.41, 5.74) is 7.62. The van der Waals surface area contributed by atoms with Gasteiger partial charge in [0, 0.05) is 16.1 Å². The first-order chi connectivity index (χ1) is 15.2. The van der Waals surface area contributed by atoms with Crippen LogP contribution in [0.5, 0.6) is 0 Å². The van der Waals surface area contributed by atoms with Gasteiger partial charge in [-0.15, -0.1) is 0 Å². The number of hydrogen-bond acceptors (Lipinski definition) is 4. The van der Waals surface area contributed by atoms with Gasteiger partial charge in [-0.2, -0.15) is 0 Å². The summed E-state index contributed by atoms with van der Waals surface area (Å²) >= 11 is 6.63. The van der Waals surface area contributed by atoms with Gasteiger partial charge in [-0.3, -0.25) is 9.56 Å². The summed E-state index contributed by atoms with van der Waals surface area (Å²) in [4.78, 5) is 13.8. The average molecular weight is 427 g/mol. The van der Waals surface area contributed by atoms with Gasteiger partial charge in [-0.05, 0) is 54.4 Å². The minimum absolute atomic E-state index is 0.375. The molecule has 152 valence electrons. The molecule has 0 N–H and O–H groups in total. The van der Waals surface area contributed by atoms with Gasteiger partial charge in [0.2, 0.25) is 0 Å². The Hall–Kier alpha value is -3.18. The fourth-order valence-electron chi connectivity index (χ4n) is 5.49. The van der Waals surface area contributed by atoms with Crippen molar-refractivity contribution in [2.24, 2.45) is 10.9 Å². The molecule has 4 aromatic rings. The lowest BCUT2D eigenvalue weighted by Gasteiger charge is -2.62. The number of fused-ring (bicyclic) bond motifs is 3. The molecule has 2 bridgehead atoms. The van der Waals surface area contributed by atoms with E-state index in [0.717, 1.165) is 39.8 Å². The highest BCUT2D eigenvalue weighted by atomic mass is 35.5. The quantitative estimate of drug-likeness (QED) is 0.429. The molecule has 0 saturated heterocycles. The van der Waals surface area contributed by atoms with Crippen molar-refractivity contribution in [1.29, 1.82) is 0 Å². The van der Waals surface area contributed by atoms with Gasteiger partial charge in [0.05, 0.1) is 29.8 Å². The zero-order valence-corrected chi connectivity index (χ0v) is 17.5. The minimum atomic E-state index is 0.375. The Bertz CT molecular complexity index is 1350. The molecule has 3 fully saturated rings. The maximum atomic E-state index is 6.63. The zero-order valence-electron chi connectivity index (χ0n) is 16.8. The third kappa shape index (κ3) is 2.41. The SMILES string of the molecule is Clc1ccccc1C1=NCc2c(-c3cnco3)ncn2-c2ccc(C34CC(C3)C4)cc21. The molecule has 2 aromatic carbocycles. The molecule has 2 aromatic heterocycles. The van der Waals surface area contributed by atoms with Crippen LogP contribution >= 0.6 is 11.6 Å². The molecular formula is C25H19ClN4O. The van der Waals surface area contributed by atoms with Crippen LogP contribution in [0.3, 0.4) is 0 Å². The lowest BCUT2D eigenvalue weighted by atomic mass is 9.42. The Morgan fingerprint density at radius 1 is 1.06 bits per heavy atom. The summed E-state index contributed by atoms with van der Waals surface area (Å²) in [5, 5.41) is 0.711. The zero-order chi connectivity index (χ0) is 20.6. The Kier molecular flexibility index (Phi) is 3.48. The molecule has 0 unspecified atom stereocenters. The second-order valence-electron chi connectivity index (χ2n) is 8.91. The number of imidazole rings is 1. The molecule has 0 radical (unpaired) electrons. The van der Waals surface area contributed by atoms with Gasteiger partial charge in [0.15, 0.2) is 12.2 Å². The van der Waals surface area contributed by atoms with Gasteiger partial charge < -0.3 is 4.42 Å². The first kappa shape index (κ1) is 17.5. The lowest BCUT2D eigenvalue weighted by Crippen LogP contribution is -2.55. The number of nitrogens with zero attached hydrogens (tertiary/aromatic N) is 4. The van der Waals surface area contributed by atoms with Crippen LogP contribution in [0.4, 0.5) is 0 Å². The monoisotopic (exact) mass is 426 g/mol.